The lowest BCUT2D eigenvalue weighted by atomic mass is 10.1. The van der Waals surface area contributed by atoms with Gasteiger partial charge in [-0.15, -0.1) is 0 Å². The van der Waals surface area contributed by atoms with Gasteiger partial charge in [-0.3, -0.25) is 4.72 Å². The maximum atomic E-state index is 12.3. The van der Waals surface area contributed by atoms with Crippen molar-refractivity contribution in [3.8, 4) is 6.07 Å². The van der Waals surface area contributed by atoms with E-state index in [0.29, 0.717) is 0 Å². The van der Waals surface area contributed by atoms with Crippen LogP contribution in [0.4, 0.5) is 18.9 Å². The van der Waals surface area contributed by atoms with Crippen molar-refractivity contribution in [3.05, 3.63) is 29.8 Å². The Balaban J connectivity index is 2.98. The van der Waals surface area contributed by atoms with Gasteiger partial charge in [0.05, 0.1) is 5.56 Å². The maximum Gasteiger partial charge on any atom is 0.516 e. The van der Waals surface area contributed by atoms with E-state index in [1.807, 2.05) is 0 Å². The first kappa shape index (κ1) is 18.8. The molecule has 1 rings (SSSR count). The van der Waals surface area contributed by atoms with Crippen molar-refractivity contribution in [2.75, 3.05) is 4.72 Å². The maximum absolute atomic E-state index is 12.3. The molecule has 1 aromatic carbocycles. The van der Waals surface area contributed by atoms with Crippen molar-refractivity contribution in [2.24, 2.45) is 5.92 Å². The number of ether oxygens (including phenoxy) is 1. The van der Waals surface area contributed by atoms with E-state index in [0.717, 1.165) is 12.1 Å². The number of carbonyl (C=O) groups excluding carboxylic acids is 1. The summed E-state index contributed by atoms with van der Waals surface area (Å²) in [6.45, 7) is 3.30. The number of halogens is 3. The molecule has 0 amide bonds. The fourth-order valence-corrected chi connectivity index (χ4v) is 1.97. The van der Waals surface area contributed by atoms with E-state index in [9.17, 15) is 26.4 Å². The van der Waals surface area contributed by atoms with Gasteiger partial charge >= 0.3 is 21.5 Å². The fourth-order valence-electron chi connectivity index (χ4n) is 1.42. The lowest BCUT2D eigenvalue weighted by molar-refractivity contribution is -0.0429. The number of alkyl halides is 3. The van der Waals surface area contributed by atoms with Gasteiger partial charge in [-0.05, 0) is 18.2 Å². The summed E-state index contributed by atoms with van der Waals surface area (Å²) in [7, 11) is -5.59. The Bertz CT molecular complexity index is 723. The van der Waals surface area contributed by atoms with Gasteiger partial charge in [0.25, 0.3) is 0 Å². The molecule has 0 aromatic heterocycles. The second-order valence-corrected chi connectivity index (χ2v) is 6.50. The number of nitrogens with one attached hydrogen (secondary N) is 1. The zero-order valence-electron chi connectivity index (χ0n) is 12.1. The summed E-state index contributed by atoms with van der Waals surface area (Å²) in [5.74, 6) is -1.23. The van der Waals surface area contributed by atoms with Crippen LogP contribution < -0.4 is 4.72 Å². The number of benzene rings is 1. The minimum atomic E-state index is -5.59. The molecule has 0 bridgehead atoms. The van der Waals surface area contributed by atoms with Gasteiger partial charge in [0.15, 0.2) is 6.10 Å². The van der Waals surface area contributed by atoms with Crippen molar-refractivity contribution in [2.45, 2.75) is 25.5 Å². The first-order chi connectivity index (χ1) is 10.5. The standard InChI is InChI=1S/C13H13F3N2O4S/c1-8(2)11(7-17)22-12(19)9-4-3-5-10(6-9)18-23(20,21)13(14,15)16/h3-6,8,11,18H,1-2H3/t11-/m1/s1. The summed E-state index contributed by atoms with van der Waals surface area (Å²) < 4.78 is 65.2. The number of nitriles is 1. The normalized spacial score (nSPS) is 13.3. The Kier molecular flexibility index (Phi) is 5.60. The summed E-state index contributed by atoms with van der Waals surface area (Å²) >= 11 is 0. The molecule has 0 saturated carbocycles. The Hall–Kier alpha value is -2.28. The van der Waals surface area contributed by atoms with E-state index in [1.54, 1.807) is 19.9 Å². The van der Waals surface area contributed by atoms with Crippen LogP contribution in [0, 0.1) is 17.2 Å². The SMILES string of the molecule is CC(C)[C@@H](C#N)OC(=O)c1cccc(NS(=O)(=O)C(F)(F)F)c1. The Morgan fingerprint density at radius 2 is 1.96 bits per heavy atom. The van der Waals surface area contributed by atoms with Crippen LogP contribution in [0.2, 0.25) is 0 Å². The van der Waals surface area contributed by atoms with Crippen LogP contribution in [0.25, 0.3) is 0 Å². The molecule has 0 unspecified atom stereocenters. The van der Waals surface area contributed by atoms with E-state index < -0.39 is 33.3 Å². The third-order valence-electron chi connectivity index (χ3n) is 2.62. The molecule has 23 heavy (non-hydrogen) atoms. The first-order valence-corrected chi connectivity index (χ1v) is 7.76. The van der Waals surface area contributed by atoms with E-state index in [2.05, 4.69) is 0 Å². The van der Waals surface area contributed by atoms with Crippen LogP contribution >= 0.6 is 0 Å². The molecule has 0 aliphatic rings. The van der Waals surface area contributed by atoms with Gasteiger partial charge in [-0.1, -0.05) is 19.9 Å². The summed E-state index contributed by atoms with van der Waals surface area (Å²) in [5, 5.41) is 8.85. The lowest BCUT2D eigenvalue weighted by Gasteiger charge is -2.15. The molecule has 10 heteroatoms. The van der Waals surface area contributed by atoms with Crippen molar-refractivity contribution < 1.29 is 31.1 Å². The molecule has 0 saturated heterocycles. The number of hydrogen-bond donors (Lipinski definition) is 1. The van der Waals surface area contributed by atoms with Gasteiger partial charge in [0.2, 0.25) is 0 Å². The largest absolute Gasteiger partial charge is 0.516 e. The second-order valence-electron chi connectivity index (χ2n) is 4.83. The fraction of sp³-hybridized carbons (Fsp3) is 0.385. The summed E-state index contributed by atoms with van der Waals surface area (Å²) in [6.07, 6.45) is -1.03. The number of anilines is 1. The zero-order chi connectivity index (χ0) is 17.8. The van der Waals surface area contributed by atoms with E-state index in [-0.39, 0.29) is 11.5 Å². The average Bonchev–Trinajstić information content (AvgIpc) is 2.42. The third kappa shape index (κ3) is 4.85. The van der Waals surface area contributed by atoms with Crippen LogP contribution in [-0.2, 0) is 14.8 Å². The smallest absolute Gasteiger partial charge is 0.443 e. The Morgan fingerprint density at radius 3 is 2.43 bits per heavy atom. The lowest BCUT2D eigenvalue weighted by Crippen LogP contribution is -2.30. The molecule has 0 fully saturated rings. The van der Waals surface area contributed by atoms with Crippen LogP contribution in [0.5, 0.6) is 0 Å². The molecule has 6 nitrogen and oxygen atoms in total. The second kappa shape index (κ2) is 6.87. The van der Waals surface area contributed by atoms with Crippen molar-refractivity contribution in [1.82, 2.24) is 0 Å². The molecule has 1 atom stereocenters. The molecule has 126 valence electrons. The minimum absolute atomic E-state index is 0.187. The van der Waals surface area contributed by atoms with E-state index >= 15 is 0 Å². The monoisotopic (exact) mass is 350 g/mol. The van der Waals surface area contributed by atoms with Crippen molar-refractivity contribution in [1.29, 1.82) is 5.26 Å². The summed E-state index contributed by atoms with van der Waals surface area (Å²) in [4.78, 5) is 11.9. The predicted molar refractivity (Wildman–Crippen MR) is 74.7 cm³/mol. The van der Waals surface area contributed by atoms with Crippen molar-refractivity contribution >= 4 is 21.7 Å². The van der Waals surface area contributed by atoms with Crippen LogP contribution in [-0.4, -0.2) is 26.0 Å². The molecule has 0 aliphatic heterocycles. The van der Waals surface area contributed by atoms with E-state index in [1.165, 1.54) is 16.9 Å². The van der Waals surface area contributed by atoms with Crippen LogP contribution in [0.3, 0.4) is 0 Å². The van der Waals surface area contributed by atoms with Gasteiger partial charge in [0.1, 0.15) is 6.07 Å². The number of rotatable bonds is 5. The molecular weight excluding hydrogens is 337 g/mol. The zero-order valence-corrected chi connectivity index (χ0v) is 12.9. The van der Waals surface area contributed by atoms with Gasteiger partial charge in [0, 0.05) is 11.6 Å². The highest BCUT2D eigenvalue weighted by molar-refractivity contribution is 7.93. The van der Waals surface area contributed by atoms with Gasteiger partial charge < -0.3 is 4.74 Å². The van der Waals surface area contributed by atoms with Crippen LogP contribution in [0.15, 0.2) is 24.3 Å². The highest BCUT2D eigenvalue weighted by atomic mass is 32.2. The molecule has 1 N–H and O–H groups in total. The molecule has 0 radical (unpaired) electrons. The Morgan fingerprint density at radius 1 is 1.35 bits per heavy atom. The number of hydrogen-bond acceptors (Lipinski definition) is 5. The van der Waals surface area contributed by atoms with Crippen LogP contribution in [0.1, 0.15) is 24.2 Å². The minimum Gasteiger partial charge on any atom is -0.443 e. The highest BCUT2D eigenvalue weighted by Crippen LogP contribution is 2.25. The molecule has 0 spiro atoms. The average molecular weight is 350 g/mol. The third-order valence-corrected chi connectivity index (χ3v) is 3.74. The quantitative estimate of drug-likeness (QED) is 0.824. The molecule has 1 aromatic rings. The number of carbonyl (C=O) groups is 1. The topological polar surface area (TPSA) is 96.3 Å². The molecule has 0 heterocycles. The number of sulfonamides is 1. The number of esters is 1. The summed E-state index contributed by atoms with van der Waals surface area (Å²) in [5.41, 5.74) is -6.12. The summed E-state index contributed by atoms with van der Waals surface area (Å²) in [6, 6.07) is 6.11. The van der Waals surface area contributed by atoms with Crippen molar-refractivity contribution in [3.63, 3.8) is 0 Å². The van der Waals surface area contributed by atoms with Gasteiger partial charge in [-0.25, -0.2) is 4.79 Å². The predicted octanol–water partition coefficient (Wildman–Crippen LogP) is 2.65. The molecule has 0 aliphatic carbocycles. The van der Waals surface area contributed by atoms with Gasteiger partial charge in [-0.2, -0.15) is 26.9 Å². The number of nitrogens with zero attached hydrogens (tertiary/aromatic N) is 1. The van der Waals surface area contributed by atoms with E-state index in [4.69, 9.17) is 10.00 Å². The Labute approximate surface area is 130 Å². The first-order valence-electron chi connectivity index (χ1n) is 6.27. The molecular formula is C13H13F3N2O4S. The highest BCUT2D eigenvalue weighted by Gasteiger charge is 2.46.